The number of rotatable bonds is 6. The highest BCUT2D eigenvalue weighted by Gasteiger charge is 2.16. The number of sulfonamides is 1. The van der Waals surface area contributed by atoms with Crippen molar-refractivity contribution in [3.05, 3.63) is 99.2 Å². The zero-order chi connectivity index (χ0) is 24.3. The number of nitrogens with zero attached hydrogens (tertiary/aromatic N) is 4. The van der Waals surface area contributed by atoms with Crippen LogP contribution in [-0.2, 0) is 10.0 Å². The molecule has 2 heterocycles. The minimum Gasteiger partial charge on any atom is -0.322 e. The van der Waals surface area contributed by atoms with Crippen LogP contribution in [0.15, 0.2) is 82.9 Å². The van der Waals surface area contributed by atoms with Gasteiger partial charge in [-0.3, -0.25) is 9.59 Å². The lowest BCUT2D eigenvalue weighted by atomic mass is 10.2. The number of anilines is 2. The first kappa shape index (κ1) is 23.4. The number of carbonyl (C=O) groups excluding carboxylic acids is 1. The molecule has 2 N–H and O–H groups in total. The maximum absolute atomic E-state index is 12.6. The van der Waals surface area contributed by atoms with E-state index in [1.807, 2.05) is 0 Å². The summed E-state index contributed by atoms with van der Waals surface area (Å²) in [6, 6.07) is 13.2. The van der Waals surface area contributed by atoms with Gasteiger partial charge in [-0.1, -0.05) is 23.2 Å². The third kappa shape index (κ3) is 5.06. The number of benzene rings is 2. The van der Waals surface area contributed by atoms with Crippen molar-refractivity contribution in [1.29, 1.82) is 0 Å². The second-order valence-electron chi connectivity index (χ2n) is 6.73. The Hall–Kier alpha value is -3.80. The standard InChI is InChI=1S/C21H14Cl2N6O4S/c22-17-12-26-29(20(31)18(17)23)15-6-2-13(3-7-15)19(30)27-14-4-8-16(9-5-14)34(32,33)28-21-24-10-1-11-25-21/h1-12H,(H,27,30)(H,24,25,28). The molecule has 0 aliphatic heterocycles. The van der Waals surface area contributed by atoms with Gasteiger partial charge in [-0.05, 0) is 54.6 Å². The largest absolute Gasteiger partial charge is 0.322 e. The summed E-state index contributed by atoms with van der Waals surface area (Å²) in [7, 11) is -3.89. The molecule has 10 nitrogen and oxygen atoms in total. The molecule has 0 saturated heterocycles. The fourth-order valence-corrected chi connectivity index (χ4v) is 4.01. The van der Waals surface area contributed by atoms with Crippen LogP contribution in [-0.4, -0.2) is 34.1 Å². The van der Waals surface area contributed by atoms with Crippen molar-refractivity contribution in [2.45, 2.75) is 4.90 Å². The highest BCUT2D eigenvalue weighted by Crippen LogP contribution is 2.19. The van der Waals surface area contributed by atoms with E-state index in [2.05, 4.69) is 25.1 Å². The Morgan fingerprint density at radius 3 is 2.24 bits per heavy atom. The van der Waals surface area contributed by atoms with Gasteiger partial charge in [-0.2, -0.15) is 9.78 Å². The predicted octanol–water partition coefficient (Wildman–Crippen LogP) is 3.38. The number of nitrogens with one attached hydrogen (secondary N) is 2. The van der Waals surface area contributed by atoms with Crippen LogP contribution in [0.2, 0.25) is 10.0 Å². The second-order valence-corrected chi connectivity index (χ2v) is 9.19. The number of hydrogen-bond donors (Lipinski definition) is 2. The molecule has 0 aliphatic rings. The molecule has 1 amide bonds. The zero-order valence-electron chi connectivity index (χ0n) is 17.0. The van der Waals surface area contributed by atoms with Gasteiger partial charge in [-0.25, -0.2) is 23.1 Å². The van der Waals surface area contributed by atoms with E-state index in [1.54, 1.807) is 6.07 Å². The van der Waals surface area contributed by atoms with Gasteiger partial charge in [0.05, 0.1) is 21.8 Å². The highest BCUT2D eigenvalue weighted by atomic mass is 35.5. The van der Waals surface area contributed by atoms with E-state index < -0.39 is 21.5 Å². The summed E-state index contributed by atoms with van der Waals surface area (Å²) in [5.41, 5.74) is 0.488. The lowest BCUT2D eigenvalue weighted by Crippen LogP contribution is -2.21. The molecule has 0 saturated carbocycles. The molecule has 0 fully saturated rings. The van der Waals surface area contributed by atoms with E-state index in [4.69, 9.17) is 23.2 Å². The third-order valence-electron chi connectivity index (χ3n) is 4.46. The maximum atomic E-state index is 12.6. The molecule has 0 atom stereocenters. The summed E-state index contributed by atoms with van der Waals surface area (Å²) in [6.45, 7) is 0. The van der Waals surface area contributed by atoms with Crippen molar-refractivity contribution >= 4 is 50.8 Å². The van der Waals surface area contributed by atoms with Crippen LogP contribution in [0.25, 0.3) is 5.69 Å². The summed E-state index contributed by atoms with van der Waals surface area (Å²) in [5, 5.41) is 6.49. The highest BCUT2D eigenvalue weighted by molar-refractivity contribution is 7.92. The van der Waals surface area contributed by atoms with Gasteiger partial charge in [0.15, 0.2) is 0 Å². The van der Waals surface area contributed by atoms with E-state index in [9.17, 15) is 18.0 Å². The van der Waals surface area contributed by atoms with Crippen molar-refractivity contribution < 1.29 is 13.2 Å². The molecule has 172 valence electrons. The topological polar surface area (TPSA) is 136 Å². The van der Waals surface area contributed by atoms with Crippen molar-refractivity contribution in [2.24, 2.45) is 0 Å². The normalized spacial score (nSPS) is 11.1. The van der Waals surface area contributed by atoms with Crippen LogP contribution in [0.1, 0.15) is 10.4 Å². The van der Waals surface area contributed by atoms with Crippen LogP contribution in [0.3, 0.4) is 0 Å². The maximum Gasteiger partial charge on any atom is 0.291 e. The molecule has 2 aromatic heterocycles. The molecular weight excluding hydrogens is 503 g/mol. The second kappa shape index (κ2) is 9.59. The molecular formula is C21H14Cl2N6O4S. The van der Waals surface area contributed by atoms with Gasteiger partial charge < -0.3 is 5.32 Å². The molecule has 4 rings (SSSR count). The third-order valence-corrected chi connectivity index (χ3v) is 6.56. The summed E-state index contributed by atoms with van der Waals surface area (Å²) in [5.74, 6) is -0.492. The molecule has 0 radical (unpaired) electrons. The Morgan fingerprint density at radius 2 is 1.59 bits per heavy atom. The first-order valence-electron chi connectivity index (χ1n) is 9.49. The number of halogens is 2. The Kier molecular flexibility index (Phi) is 6.59. The molecule has 0 bridgehead atoms. The van der Waals surface area contributed by atoms with Crippen LogP contribution in [0, 0.1) is 0 Å². The minimum atomic E-state index is -3.89. The predicted molar refractivity (Wildman–Crippen MR) is 127 cm³/mol. The van der Waals surface area contributed by atoms with Gasteiger partial charge in [0.2, 0.25) is 5.95 Å². The van der Waals surface area contributed by atoms with Crippen LogP contribution in [0.5, 0.6) is 0 Å². The number of carbonyl (C=O) groups is 1. The molecule has 34 heavy (non-hydrogen) atoms. The van der Waals surface area contributed by atoms with Gasteiger partial charge in [0, 0.05) is 23.6 Å². The van der Waals surface area contributed by atoms with Gasteiger partial charge in [0.25, 0.3) is 21.5 Å². The van der Waals surface area contributed by atoms with Gasteiger partial charge in [-0.15, -0.1) is 0 Å². The summed E-state index contributed by atoms with van der Waals surface area (Å²) in [6.07, 6.45) is 4.07. The molecule has 0 unspecified atom stereocenters. The van der Waals surface area contributed by atoms with Crippen molar-refractivity contribution in [3.8, 4) is 5.69 Å². The number of hydrogen-bond acceptors (Lipinski definition) is 7. The van der Waals surface area contributed by atoms with Crippen LogP contribution in [0.4, 0.5) is 11.6 Å². The number of aromatic nitrogens is 4. The Balaban J connectivity index is 1.46. The van der Waals surface area contributed by atoms with E-state index >= 15 is 0 Å². The van der Waals surface area contributed by atoms with E-state index in [-0.39, 0.29) is 20.9 Å². The minimum absolute atomic E-state index is 0.0260. The smallest absolute Gasteiger partial charge is 0.291 e. The molecule has 0 aliphatic carbocycles. The van der Waals surface area contributed by atoms with Crippen LogP contribution < -0.4 is 15.6 Å². The van der Waals surface area contributed by atoms with Crippen molar-refractivity contribution in [1.82, 2.24) is 19.7 Å². The molecule has 13 heteroatoms. The quantitative estimate of drug-likeness (QED) is 0.400. The summed E-state index contributed by atoms with van der Waals surface area (Å²) < 4.78 is 28.2. The molecule has 0 spiro atoms. The van der Waals surface area contributed by atoms with Crippen molar-refractivity contribution in [2.75, 3.05) is 10.0 Å². The average Bonchev–Trinajstić information content (AvgIpc) is 2.83. The molecule has 4 aromatic rings. The lowest BCUT2D eigenvalue weighted by molar-refractivity contribution is 0.102. The van der Waals surface area contributed by atoms with Gasteiger partial charge in [0.1, 0.15) is 5.02 Å². The summed E-state index contributed by atoms with van der Waals surface area (Å²) in [4.78, 5) is 32.4. The van der Waals surface area contributed by atoms with E-state index in [0.717, 1.165) is 4.68 Å². The van der Waals surface area contributed by atoms with Crippen LogP contribution >= 0.6 is 23.2 Å². The fraction of sp³-hybridized carbons (Fsp3) is 0. The van der Waals surface area contributed by atoms with E-state index in [1.165, 1.54) is 67.1 Å². The lowest BCUT2D eigenvalue weighted by Gasteiger charge is -2.09. The van der Waals surface area contributed by atoms with Crippen molar-refractivity contribution in [3.63, 3.8) is 0 Å². The SMILES string of the molecule is O=C(Nc1ccc(S(=O)(=O)Nc2ncccn2)cc1)c1ccc(-n2ncc(Cl)c(Cl)c2=O)cc1. The average molecular weight is 517 g/mol. The Bertz CT molecular complexity index is 1510. The number of amides is 1. The molecule has 2 aromatic carbocycles. The first-order valence-corrected chi connectivity index (χ1v) is 11.7. The zero-order valence-corrected chi connectivity index (χ0v) is 19.3. The Labute approximate surface area is 203 Å². The first-order chi connectivity index (χ1) is 16.2. The Morgan fingerprint density at radius 1 is 0.941 bits per heavy atom. The van der Waals surface area contributed by atoms with E-state index in [0.29, 0.717) is 16.9 Å². The fourth-order valence-electron chi connectivity index (χ4n) is 2.80. The summed E-state index contributed by atoms with van der Waals surface area (Å²) >= 11 is 11.7. The van der Waals surface area contributed by atoms with Gasteiger partial charge >= 0.3 is 0 Å². The monoisotopic (exact) mass is 516 g/mol.